The van der Waals surface area contributed by atoms with Gasteiger partial charge in [0.05, 0.1) is 10.8 Å². The summed E-state index contributed by atoms with van der Waals surface area (Å²) >= 11 is 0. The van der Waals surface area contributed by atoms with Gasteiger partial charge in [0.25, 0.3) is 0 Å². The number of ether oxygens (including phenoxy) is 1. The van der Waals surface area contributed by atoms with Crippen LogP contribution in [0.4, 0.5) is 0 Å². The zero-order chi connectivity index (χ0) is 19.4. The highest BCUT2D eigenvalue weighted by molar-refractivity contribution is 5.85. The Bertz CT molecular complexity index is 629. The Hall–Kier alpha value is -1.10. The van der Waals surface area contributed by atoms with Gasteiger partial charge in [-0.25, -0.2) is 0 Å². The minimum absolute atomic E-state index is 0.144. The van der Waals surface area contributed by atoms with E-state index in [2.05, 4.69) is 10.6 Å². The monoisotopic (exact) mass is 398 g/mol. The van der Waals surface area contributed by atoms with Crippen LogP contribution in [0.15, 0.2) is 0 Å². The van der Waals surface area contributed by atoms with Crippen LogP contribution in [0.1, 0.15) is 77.0 Å². The highest BCUT2D eigenvalue weighted by Crippen LogP contribution is 2.61. The molecule has 1 aliphatic heterocycles. The minimum Gasteiger partial charge on any atom is -0.326 e. The Labute approximate surface area is 173 Å². The predicted octanol–water partition coefficient (Wildman–Crippen LogP) is 3.33. The quantitative estimate of drug-likeness (QED) is 0.714. The van der Waals surface area contributed by atoms with Gasteiger partial charge in [0.15, 0.2) is 12.5 Å². The fourth-order valence-corrected chi connectivity index (χ4v) is 9.67. The number of nitrogens with one attached hydrogen (secondary N) is 2. The van der Waals surface area contributed by atoms with Gasteiger partial charge in [-0.1, -0.05) is 0 Å². The van der Waals surface area contributed by atoms with Crippen molar-refractivity contribution < 1.29 is 14.3 Å². The molecule has 2 amide bonds. The van der Waals surface area contributed by atoms with Crippen molar-refractivity contribution in [2.24, 2.45) is 46.3 Å². The van der Waals surface area contributed by atoms with Crippen molar-refractivity contribution in [2.75, 3.05) is 0 Å². The molecule has 2 atom stereocenters. The first-order chi connectivity index (χ1) is 14.0. The summed E-state index contributed by atoms with van der Waals surface area (Å²) in [7, 11) is 0. The average Bonchev–Trinajstić information content (AvgIpc) is 3.36. The molecule has 2 unspecified atom stereocenters. The Balaban J connectivity index is 0.985. The number of hydrogen-bond donors (Lipinski definition) is 2. The van der Waals surface area contributed by atoms with Gasteiger partial charge in [-0.3, -0.25) is 9.59 Å². The molecule has 158 valence electrons. The molecule has 2 N–H and O–H groups in total. The minimum atomic E-state index is -0.312. The van der Waals surface area contributed by atoms with E-state index in [-0.39, 0.29) is 35.1 Å². The van der Waals surface area contributed by atoms with Crippen molar-refractivity contribution in [3.63, 3.8) is 0 Å². The standard InChI is InChI=1S/C24H34N2O3/c27-21(23-7-13-1-14(8-23)3-15(2-13)9-23)25-19-20(29-19)26-22(28)24-10-16-4-17(11-24)6-18(5-16)12-24/h13-20H,1-12H2,(H,25,27)(H,26,28). The summed E-state index contributed by atoms with van der Waals surface area (Å²) in [5, 5.41) is 6.33. The lowest BCUT2D eigenvalue weighted by Crippen LogP contribution is -2.55. The molecule has 0 spiro atoms. The first kappa shape index (κ1) is 17.6. The third-order valence-corrected chi connectivity index (χ3v) is 10.1. The van der Waals surface area contributed by atoms with Crippen LogP contribution >= 0.6 is 0 Å². The van der Waals surface area contributed by atoms with Crippen LogP contribution in [0.2, 0.25) is 0 Å². The third-order valence-electron chi connectivity index (χ3n) is 10.1. The van der Waals surface area contributed by atoms with Gasteiger partial charge in [0.1, 0.15) is 0 Å². The van der Waals surface area contributed by atoms with Crippen LogP contribution in [0.25, 0.3) is 0 Å². The first-order valence-corrected chi connectivity index (χ1v) is 12.3. The van der Waals surface area contributed by atoms with Crippen molar-refractivity contribution in [2.45, 2.75) is 89.5 Å². The fourth-order valence-electron chi connectivity index (χ4n) is 9.67. The largest absolute Gasteiger partial charge is 0.326 e. The normalized spacial score (nSPS) is 55.7. The zero-order valence-electron chi connectivity index (χ0n) is 17.3. The van der Waals surface area contributed by atoms with E-state index in [1.165, 1.54) is 38.5 Å². The fraction of sp³-hybridized carbons (Fsp3) is 0.917. The summed E-state index contributed by atoms with van der Waals surface area (Å²) in [5.41, 5.74) is -0.287. The molecule has 9 aliphatic rings. The highest BCUT2D eigenvalue weighted by Gasteiger charge is 2.58. The lowest BCUT2D eigenvalue weighted by Gasteiger charge is -2.55. The van der Waals surface area contributed by atoms with Crippen LogP contribution in [0.5, 0.6) is 0 Å². The van der Waals surface area contributed by atoms with Crippen LogP contribution in [0.3, 0.4) is 0 Å². The van der Waals surface area contributed by atoms with Gasteiger partial charge >= 0.3 is 0 Å². The topological polar surface area (TPSA) is 70.7 Å². The Kier molecular flexibility index (Phi) is 3.50. The SMILES string of the molecule is O=C(NC1OC1NC(=O)C12CC3CC(CC(C3)C1)C2)C12CC3CC(CC(C3)C1)C2. The summed E-state index contributed by atoms with van der Waals surface area (Å²) in [5.74, 6) is 4.98. The molecular weight excluding hydrogens is 364 g/mol. The molecule has 29 heavy (non-hydrogen) atoms. The molecule has 1 heterocycles. The third kappa shape index (κ3) is 2.68. The maximum atomic E-state index is 13.2. The summed E-state index contributed by atoms with van der Waals surface area (Å²) in [6.45, 7) is 0. The molecule has 8 bridgehead atoms. The van der Waals surface area contributed by atoms with Gasteiger partial charge in [-0.05, 0) is 113 Å². The molecule has 9 rings (SSSR count). The van der Waals surface area contributed by atoms with Crippen molar-refractivity contribution in [1.29, 1.82) is 0 Å². The van der Waals surface area contributed by atoms with Gasteiger partial charge in [0.2, 0.25) is 11.8 Å². The molecule has 5 heteroatoms. The van der Waals surface area contributed by atoms with E-state index in [0.29, 0.717) is 0 Å². The maximum Gasteiger partial charge on any atom is 0.228 e. The van der Waals surface area contributed by atoms with E-state index in [1.807, 2.05) is 0 Å². The van der Waals surface area contributed by atoms with E-state index in [1.54, 1.807) is 0 Å². The van der Waals surface area contributed by atoms with Crippen molar-refractivity contribution in [1.82, 2.24) is 10.6 Å². The van der Waals surface area contributed by atoms with E-state index < -0.39 is 0 Å². The number of carbonyl (C=O) groups is 2. The highest BCUT2D eigenvalue weighted by atomic mass is 16.6. The summed E-state index contributed by atoms with van der Waals surface area (Å²) in [6, 6.07) is 0. The van der Waals surface area contributed by atoms with E-state index in [9.17, 15) is 9.59 Å². The number of amides is 2. The second kappa shape index (κ2) is 5.77. The van der Waals surface area contributed by atoms with Gasteiger partial charge < -0.3 is 15.4 Å². The smallest absolute Gasteiger partial charge is 0.228 e. The van der Waals surface area contributed by atoms with Crippen LogP contribution in [-0.2, 0) is 14.3 Å². The number of carbonyl (C=O) groups excluding carboxylic acids is 2. The van der Waals surface area contributed by atoms with E-state index >= 15 is 0 Å². The van der Waals surface area contributed by atoms with Crippen molar-refractivity contribution in [3.05, 3.63) is 0 Å². The van der Waals surface area contributed by atoms with Crippen molar-refractivity contribution >= 4 is 11.8 Å². The Morgan fingerprint density at radius 2 is 0.828 bits per heavy atom. The van der Waals surface area contributed by atoms with Crippen LogP contribution < -0.4 is 10.6 Å². The Morgan fingerprint density at radius 3 is 1.10 bits per heavy atom. The molecular formula is C24H34N2O3. The van der Waals surface area contributed by atoms with Crippen molar-refractivity contribution in [3.8, 4) is 0 Å². The molecule has 0 aromatic rings. The molecule has 1 saturated heterocycles. The van der Waals surface area contributed by atoms with Gasteiger partial charge in [-0.15, -0.1) is 0 Å². The summed E-state index contributed by atoms with van der Waals surface area (Å²) in [4.78, 5) is 26.4. The number of hydrogen-bond acceptors (Lipinski definition) is 3. The number of epoxide rings is 1. The van der Waals surface area contributed by atoms with Gasteiger partial charge in [-0.2, -0.15) is 0 Å². The zero-order valence-corrected chi connectivity index (χ0v) is 17.3. The van der Waals surface area contributed by atoms with Crippen LogP contribution in [-0.4, -0.2) is 24.3 Å². The predicted molar refractivity (Wildman–Crippen MR) is 106 cm³/mol. The lowest BCUT2D eigenvalue weighted by atomic mass is 9.49. The maximum absolute atomic E-state index is 13.2. The molecule has 8 saturated carbocycles. The lowest BCUT2D eigenvalue weighted by molar-refractivity contribution is -0.147. The molecule has 0 aromatic heterocycles. The second-order valence-corrected chi connectivity index (χ2v) is 12.3. The van der Waals surface area contributed by atoms with Gasteiger partial charge in [0, 0.05) is 0 Å². The van der Waals surface area contributed by atoms with E-state index in [4.69, 9.17) is 4.74 Å². The molecule has 9 fully saturated rings. The number of rotatable bonds is 4. The summed E-state index contributed by atoms with van der Waals surface area (Å²) in [6.07, 6.45) is 13.9. The molecule has 0 radical (unpaired) electrons. The second-order valence-electron chi connectivity index (χ2n) is 12.3. The average molecular weight is 399 g/mol. The van der Waals surface area contributed by atoms with E-state index in [0.717, 1.165) is 74.0 Å². The molecule has 5 nitrogen and oxygen atoms in total. The molecule has 0 aromatic carbocycles. The summed E-state index contributed by atoms with van der Waals surface area (Å²) < 4.78 is 5.72. The first-order valence-electron chi connectivity index (χ1n) is 12.3. The Morgan fingerprint density at radius 1 is 0.552 bits per heavy atom. The molecule has 8 aliphatic carbocycles. The van der Waals surface area contributed by atoms with Crippen LogP contribution in [0, 0.1) is 46.3 Å².